The Balaban J connectivity index is 0.00000289. The number of hydrogen-bond donors (Lipinski definition) is 2. The molecule has 0 saturated carbocycles. The van der Waals surface area contributed by atoms with Crippen molar-refractivity contribution in [2.24, 2.45) is 5.92 Å². The molecule has 1 atom stereocenters. The van der Waals surface area contributed by atoms with Crippen molar-refractivity contribution in [3.63, 3.8) is 0 Å². The number of rotatable bonds is 8. The standard InChI is InChI=1S/C13H25NO3.Na.H/c15-11-12(13(16)17)7-3-1-4-8-14-9-5-2-6-10-14;;/h12,15H,1-11H2,(H,16,17);;. The summed E-state index contributed by atoms with van der Waals surface area (Å²) in [6, 6.07) is 0. The molecule has 0 aromatic carbocycles. The fourth-order valence-electron chi connectivity index (χ4n) is 2.38. The molecule has 0 radical (unpaired) electrons. The second-order valence-electron chi connectivity index (χ2n) is 4.97. The Morgan fingerprint density at radius 1 is 1.11 bits per heavy atom. The topological polar surface area (TPSA) is 60.8 Å². The van der Waals surface area contributed by atoms with Gasteiger partial charge >= 0.3 is 35.5 Å². The molecule has 0 amide bonds. The van der Waals surface area contributed by atoms with Gasteiger partial charge in [-0.15, -0.1) is 0 Å². The van der Waals surface area contributed by atoms with Crippen molar-refractivity contribution >= 4 is 35.5 Å². The molecule has 18 heavy (non-hydrogen) atoms. The number of unbranched alkanes of at least 4 members (excludes halogenated alkanes) is 2. The molecule has 0 aliphatic carbocycles. The average Bonchev–Trinajstić information content (AvgIpc) is 2.34. The van der Waals surface area contributed by atoms with E-state index in [0.29, 0.717) is 6.42 Å². The Labute approximate surface area is 132 Å². The third-order valence-electron chi connectivity index (χ3n) is 3.55. The quantitative estimate of drug-likeness (QED) is 0.510. The van der Waals surface area contributed by atoms with Crippen LogP contribution in [0.4, 0.5) is 0 Å². The van der Waals surface area contributed by atoms with Crippen LogP contribution in [0.2, 0.25) is 0 Å². The molecule has 102 valence electrons. The van der Waals surface area contributed by atoms with Gasteiger partial charge in [-0.1, -0.05) is 19.3 Å². The predicted molar refractivity (Wildman–Crippen MR) is 74.1 cm³/mol. The van der Waals surface area contributed by atoms with Gasteiger partial charge in [-0.25, -0.2) is 0 Å². The number of aliphatic hydroxyl groups excluding tert-OH is 1. The van der Waals surface area contributed by atoms with E-state index < -0.39 is 11.9 Å². The van der Waals surface area contributed by atoms with Crippen LogP contribution >= 0.6 is 0 Å². The van der Waals surface area contributed by atoms with E-state index in [1.807, 2.05) is 0 Å². The first-order valence-electron chi connectivity index (χ1n) is 6.80. The van der Waals surface area contributed by atoms with Crippen molar-refractivity contribution in [3.8, 4) is 0 Å². The van der Waals surface area contributed by atoms with Crippen LogP contribution in [-0.4, -0.2) is 76.9 Å². The zero-order valence-corrected chi connectivity index (χ0v) is 10.6. The number of likely N-dealkylation sites (tertiary alicyclic amines) is 1. The summed E-state index contributed by atoms with van der Waals surface area (Å²) in [7, 11) is 0. The monoisotopic (exact) mass is 267 g/mol. The van der Waals surface area contributed by atoms with Gasteiger partial charge in [-0.2, -0.15) is 0 Å². The van der Waals surface area contributed by atoms with Crippen LogP contribution < -0.4 is 0 Å². The maximum atomic E-state index is 10.7. The van der Waals surface area contributed by atoms with Gasteiger partial charge in [0.05, 0.1) is 12.5 Å². The predicted octanol–water partition coefficient (Wildman–Crippen LogP) is 1.08. The van der Waals surface area contributed by atoms with Crippen LogP contribution in [0.25, 0.3) is 0 Å². The number of hydrogen-bond acceptors (Lipinski definition) is 3. The molecule has 1 aliphatic heterocycles. The summed E-state index contributed by atoms with van der Waals surface area (Å²) in [5, 5.41) is 17.6. The van der Waals surface area contributed by atoms with Crippen molar-refractivity contribution in [2.75, 3.05) is 26.2 Å². The molecule has 0 bridgehead atoms. The summed E-state index contributed by atoms with van der Waals surface area (Å²) in [6.45, 7) is 3.38. The van der Waals surface area contributed by atoms with Crippen LogP contribution in [-0.2, 0) is 4.79 Å². The summed E-state index contributed by atoms with van der Waals surface area (Å²) < 4.78 is 0. The van der Waals surface area contributed by atoms with Crippen molar-refractivity contribution in [3.05, 3.63) is 0 Å². The van der Waals surface area contributed by atoms with Gasteiger partial charge in [-0.05, 0) is 45.3 Å². The second kappa shape index (κ2) is 11.2. The van der Waals surface area contributed by atoms with Crippen molar-refractivity contribution in [1.82, 2.24) is 4.90 Å². The van der Waals surface area contributed by atoms with E-state index in [-0.39, 0.29) is 36.2 Å². The molecular formula is C13H26NNaO3. The molecule has 2 N–H and O–H groups in total. The van der Waals surface area contributed by atoms with Gasteiger partial charge in [-0.3, -0.25) is 4.79 Å². The third kappa shape index (κ3) is 7.74. The van der Waals surface area contributed by atoms with Gasteiger partial charge in [0, 0.05) is 0 Å². The molecule has 1 aliphatic rings. The first-order chi connectivity index (χ1) is 8.24. The Bertz CT molecular complexity index is 220. The summed E-state index contributed by atoms with van der Waals surface area (Å²) in [5.74, 6) is -1.44. The first-order valence-corrected chi connectivity index (χ1v) is 6.80. The zero-order chi connectivity index (χ0) is 12.5. The Morgan fingerprint density at radius 3 is 2.33 bits per heavy atom. The average molecular weight is 267 g/mol. The summed E-state index contributed by atoms with van der Waals surface area (Å²) in [5.41, 5.74) is 0. The number of aliphatic hydroxyl groups is 1. The van der Waals surface area contributed by atoms with Crippen molar-refractivity contribution in [2.45, 2.75) is 44.9 Å². The molecule has 0 aromatic rings. The molecule has 1 unspecified atom stereocenters. The minimum absolute atomic E-state index is 0. The normalized spacial score (nSPS) is 18.1. The van der Waals surface area contributed by atoms with Crippen molar-refractivity contribution < 1.29 is 15.0 Å². The number of piperidine rings is 1. The van der Waals surface area contributed by atoms with Gasteiger partial charge in [0.25, 0.3) is 0 Å². The summed E-state index contributed by atoms with van der Waals surface area (Å²) in [4.78, 5) is 13.2. The fraction of sp³-hybridized carbons (Fsp3) is 0.923. The van der Waals surface area contributed by atoms with Crippen LogP contribution in [0, 0.1) is 5.92 Å². The summed E-state index contributed by atoms with van der Waals surface area (Å²) in [6.07, 6.45) is 7.75. The molecule has 1 fully saturated rings. The van der Waals surface area contributed by atoms with Crippen LogP contribution in [0.5, 0.6) is 0 Å². The van der Waals surface area contributed by atoms with Crippen LogP contribution in [0.3, 0.4) is 0 Å². The third-order valence-corrected chi connectivity index (χ3v) is 3.55. The van der Waals surface area contributed by atoms with Crippen LogP contribution in [0.15, 0.2) is 0 Å². The Hall–Kier alpha value is 0.390. The van der Waals surface area contributed by atoms with E-state index in [4.69, 9.17) is 10.2 Å². The van der Waals surface area contributed by atoms with E-state index in [2.05, 4.69) is 4.90 Å². The zero-order valence-electron chi connectivity index (χ0n) is 10.6. The molecule has 0 spiro atoms. The van der Waals surface area contributed by atoms with Gasteiger partial charge in [0.2, 0.25) is 0 Å². The molecule has 1 heterocycles. The number of aliphatic carboxylic acids is 1. The van der Waals surface area contributed by atoms with E-state index in [0.717, 1.165) is 25.8 Å². The second-order valence-corrected chi connectivity index (χ2v) is 4.97. The van der Waals surface area contributed by atoms with Gasteiger partial charge in [0.1, 0.15) is 0 Å². The SMILES string of the molecule is O=C(O)C(CO)CCCCCN1CCCCC1.[NaH]. The van der Waals surface area contributed by atoms with Crippen LogP contribution in [0.1, 0.15) is 44.9 Å². The molecule has 1 saturated heterocycles. The Morgan fingerprint density at radius 2 is 1.78 bits per heavy atom. The molecular weight excluding hydrogens is 241 g/mol. The summed E-state index contributed by atoms with van der Waals surface area (Å²) >= 11 is 0. The van der Waals surface area contributed by atoms with Gasteiger partial charge in [0.15, 0.2) is 0 Å². The maximum absolute atomic E-state index is 10.7. The number of carbonyl (C=O) groups is 1. The van der Waals surface area contributed by atoms with E-state index in [1.54, 1.807) is 0 Å². The van der Waals surface area contributed by atoms with E-state index in [9.17, 15) is 4.79 Å². The van der Waals surface area contributed by atoms with E-state index in [1.165, 1.54) is 32.4 Å². The first kappa shape index (κ1) is 18.4. The van der Waals surface area contributed by atoms with Gasteiger partial charge < -0.3 is 15.1 Å². The number of nitrogens with zero attached hydrogens (tertiary/aromatic N) is 1. The van der Waals surface area contributed by atoms with E-state index >= 15 is 0 Å². The molecule has 5 heteroatoms. The Kier molecular flexibility index (Phi) is 11.5. The van der Waals surface area contributed by atoms with Crippen molar-refractivity contribution in [1.29, 1.82) is 0 Å². The molecule has 4 nitrogen and oxygen atoms in total. The molecule has 1 rings (SSSR count). The molecule has 0 aromatic heterocycles. The minimum atomic E-state index is -0.872. The fourth-order valence-corrected chi connectivity index (χ4v) is 2.38. The number of carboxylic acids is 1. The number of carboxylic acid groups (broad SMARTS) is 1.